The number of rotatable bonds is 17. The van der Waals surface area contributed by atoms with E-state index in [-0.39, 0.29) is 57.0 Å². The molecule has 1 fully saturated rings. The summed E-state index contributed by atoms with van der Waals surface area (Å²) in [6, 6.07) is 3.65. The van der Waals surface area contributed by atoms with Crippen LogP contribution in [0.5, 0.6) is 0 Å². The first-order chi connectivity index (χ1) is 20.5. The number of nitrogens with one attached hydrogen (secondary N) is 2. The second kappa shape index (κ2) is 16.1. The van der Waals surface area contributed by atoms with Crippen LogP contribution in [0, 0.1) is 0 Å². The SMILES string of the molecule is O=C1CCC(N2C(=O)c3ccc(NCCOCCOCCOCCOCCC(=O)OC(=O)C(F)(F)F)cc3C2=O)C(=O)N1. The van der Waals surface area contributed by atoms with Crippen molar-refractivity contribution < 1.29 is 65.6 Å². The number of alkyl halides is 3. The van der Waals surface area contributed by atoms with Gasteiger partial charge in [-0.3, -0.25) is 34.2 Å². The predicted octanol–water partition coefficient (Wildman–Crippen LogP) is 0.588. The predicted molar refractivity (Wildman–Crippen MR) is 137 cm³/mol. The molecule has 1 atom stereocenters. The molecule has 14 nitrogen and oxygen atoms in total. The largest absolute Gasteiger partial charge is 0.491 e. The fourth-order valence-electron chi connectivity index (χ4n) is 3.98. The van der Waals surface area contributed by atoms with Crippen molar-refractivity contribution in [2.75, 3.05) is 64.7 Å². The van der Waals surface area contributed by atoms with Crippen molar-refractivity contribution in [1.29, 1.82) is 0 Å². The third-order valence-corrected chi connectivity index (χ3v) is 6.02. The highest BCUT2D eigenvalue weighted by Gasteiger charge is 2.45. The Hall–Kier alpha value is -3.93. The molecular weight excluding hydrogens is 587 g/mol. The molecule has 1 unspecified atom stereocenters. The number of hydrogen-bond donors (Lipinski definition) is 2. The lowest BCUT2D eigenvalue weighted by molar-refractivity contribution is -0.202. The van der Waals surface area contributed by atoms with Crippen LogP contribution in [0.15, 0.2) is 18.2 Å². The Labute approximate surface area is 243 Å². The Kier molecular flexibility index (Phi) is 12.5. The maximum atomic E-state index is 12.9. The van der Waals surface area contributed by atoms with E-state index in [1.165, 1.54) is 12.1 Å². The second-order valence-corrected chi connectivity index (χ2v) is 9.09. The minimum absolute atomic E-state index is 0.0435. The molecule has 1 saturated heterocycles. The van der Waals surface area contributed by atoms with E-state index in [2.05, 4.69) is 15.4 Å². The van der Waals surface area contributed by atoms with Crippen molar-refractivity contribution >= 4 is 41.3 Å². The summed E-state index contributed by atoms with van der Waals surface area (Å²) >= 11 is 0. The molecule has 17 heteroatoms. The van der Waals surface area contributed by atoms with E-state index in [1.54, 1.807) is 6.07 Å². The molecule has 236 valence electrons. The normalized spacial score (nSPS) is 16.7. The Morgan fingerprint density at radius 1 is 0.860 bits per heavy atom. The lowest BCUT2D eigenvalue weighted by atomic mass is 10.0. The first-order valence-electron chi connectivity index (χ1n) is 13.2. The van der Waals surface area contributed by atoms with E-state index in [4.69, 9.17) is 18.9 Å². The summed E-state index contributed by atoms with van der Waals surface area (Å²) in [4.78, 5) is 71.6. The number of carbonyl (C=O) groups excluding carboxylic acids is 6. The number of fused-ring (bicyclic) bond motifs is 1. The molecule has 2 aliphatic heterocycles. The van der Waals surface area contributed by atoms with Crippen LogP contribution in [0.2, 0.25) is 0 Å². The van der Waals surface area contributed by atoms with Crippen LogP contribution in [0.25, 0.3) is 0 Å². The number of halogens is 3. The molecule has 0 spiro atoms. The zero-order chi connectivity index (χ0) is 31.4. The molecule has 3 rings (SSSR count). The molecule has 0 aromatic heterocycles. The van der Waals surface area contributed by atoms with Gasteiger partial charge in [-0.25, -0.2) is 4.79 Å². The van der Waals surface area contributed by atoms with Gasteiger partial charge in [0.1, 0.15) is 6.04 Å². The van der Waals surface area contributed by atoms with Gasteiger partial charge in [0.25, 0.3) is 11.8 Å². The number of esters is 2. The summed E-state index contributed by atoms with van der Waals surface area (Å²) in [5, 5.41) is 5.24. The third-order valence-electron chi connectivity index (χ3n) is 6.02. The van der Waals surface area contributed by atoms with Crippen molar-refractivity contribution in [1.82, 2.24) is 10.2 Å². The number of imide groups is 2. The number of carbonyl (C=O) groups is 6. The van der Waals surface area contributed by atoms with Gasteiger partial charge >= 0.3 is 18.1 Å². The molecule has 2 heterocycles. The topological polar surface area (TPSA) is 176 Å². The van der Waals surface area contributed by atoms with Crippen LogP contribution in [0.4, 0.5) is 18.9 Å². The lowest BCUT2D eigenvalue weighted by Gasteiger charge is -2.27. The maximum Gasteiger partial charge on any atom is 0.491 e. The van der Waals surface area contributed by atoms with Crippen LogP contribution in [-0.2, 0) is 42.9 Å². The number of benzene rings is 1. The number of hydrogen-bond acceptors (Lipinski definition) is 12. The van der Waals surface area contributed by atoms with Crippen molar-refractivity contribution in [2.24, 2.45) is 0 Å². The number of piperidine rings is 1. The minimum Gasteiger partial charge on any atom is -0.386 e. The average molecular weight is 618 g/mol. The summed E-state index contributed by atoms with van der Waals surface area (Å²) in [7, 11) is 0. The highest BCUT2D eigenvalue weighted by molar-refractivity contribution is 6.23. The van der Waals surface area contributed by atoms with Crippen molar-refractivity contribution in [2.45, 2.75) is 31.5 Å². The van der Waals surface area contributed by atoms with Crippen LogP contribution >= 0.6 is 0 Å². The van der Waals surface area contributed by atoms with Gasteiger partial charge in [-0.1, -0.05) is 0 Å². The standard InChI is InChI=1S/C26H30F3N3O11/c27-26(28,29)25(38)43-21(34)5-7-39-9-11-41-13-14-42-12-10-40-8-6-30-16-1-2-17-18(15-16)24(37)32(23(17)36)19-3-4-20(33)31-22(19)35/h1-2,15,19,30H,3-14H2,(H,31,33,35). The van der Waals surface area contributed by atoms with Gasteiger partial charge in [0.05, 0.1) is 70.4 Å². The van der Waals surface area contributed by atoms with Crippen LogP contribution in [0.1, 0.15) is 40.0 Å². The molecule has 4 amide bonds. The van der Waals surface area contributed by atoms with Crippen molar-refractivity contribution in [3.8, 4) is 0 Å². The third kappa shape index (κ3) is 10.1. The smallest absolute Gasteiger partial charge is 0.386 e. The monoisotopic (exact) mass is 617 g/mol. The first-order valence-corrected chi connectivity index (χ1v) is 13.2. The highest BCUT2D eigenvalue weighted by atomic mass is 19.4. The number of nitrogens with zero attached hydrogens (tertiary/aromatic N) is 1. The summed E-state index contributed by atoms with van der Waals surface area (Å²) < 4.78 is 60.6. The molecule has 0 aliphatic carbocycles. The number of anilines is 1. The Bertz CT molecular complexity index is 1210. The Morgan fingerprint density at radius 3 is 2.05 bits per heavy atom. The Morgan fingerprint density at radius 2 is 1.44 bits per heavy atom. The fourth-order valence-corrected chi connectivity index (χ4v) is 3.98. The van der Waals surface area contributed by atoms with Gasteiger partial charge in [0, 0.05) is 18.7 Å². The molecule has 0 saturated carbocycles. The summed E-state index contributed by atoms with van der Waals surface area (Å²) in [6.45, 7) is 1.82. The quantitative estimate of drug-likeness (QED) is 0.108. The Balaban J connectivity index is 1.18. The van der Waals surface area contributed by atoms with E-state index in [0.29, 0.717) is 32.1 Å². The van der Waals surface area contributed by atoms with Crippen LogP contribution in [-0.4, -0.2) is 112 Å². The van der Waals surface area contributed by atoms with E-state index >= 15 is 0 Å². The molecule has 1 aromatic carbocycles. The van der Waals surface area contributed by atoms with Crippen LogP contribution in [0.3, 0.4) is 0 Å². The summed E-state index contributed by atoms with van der Waals surface area (Å²) in [5.41, 5.74) is 0.946. The van der Waals surface area contributed by atoms with Gasteiger partial charge in [0.2, 0.25) is 11.8 Å². The van der Waals surface area contributed by atoms with Crippen molar-refractivity contribution in [3.05, 3.63) is 29.3 Å². The molecule has 1 aromatic rings. The van der Waals surface area contributed by atoms with E-state index in [1.807, 2.05) is 0 Å². The zero-order valence-corrected chi connectivity index (χ0v) is 22.9. The zero-order valence-electron chi connectivity index (χ0n) is 22.9. The summed E-state index contributed by atoms with van der Waals surface area (Å²) in [5.74, 6) is -6.19. The van der Waals surface area contributed by atoms with E-state index in [0.717, 1.165) is 4.90 Å². The number of amides is 4. The van der Waals surface area contributed by atoms with Crippen molar-refractivity contribution in [3.63, 3.8) is 0 Å². The first kappa shape index (κ1) is 33.6. The molecule has 0 bridgehead atoms. The summed E-state index contributed by atoms with van der Waals surface area (Å²) in [6.07, 6.45) is -5.62. The second-order valence-electron chi connectivity index (χ2n) is 9.09. The molecule has 2 N–H and O–H groups in total. The molecular formula is C26H30F3N3O11. The molecule has 0 radical (unpaired) electrons. The van der Waals surface area contributed by atoms with Gasteiger partial charge < -0.3 is 29.0 Å². The highest BCUT2D eigenvalue weighted by Crippen LogP contribution is 2.29. The van der Waals surface area contributed by atoms with Gasteiger partial charge in [0.15, 0.2) is 0 Å². The molecule has 2 aliphatic rings. The number of ether oxygens (including phenoxy) is 5. The van der Waals surface area contributed by atoms with Gasteiger partial charge in [-0.15, -0.1) is 0 Å². The average Bonchev–Trinajstić information content (AvgIpc) is 3.19. The van der Waals surface area contributed by atoms with E-state index < -0.39 is 54.2 Å². The van der Waals surface area contributed by atoms with Crippen LogP contribution < -0.4 is 10.6 Å². The fraction of sp³-hybridized carbons (Fsp3) is 0.538. The van der Waals surface area contributed by atoms with Gasteiger partial charge in [-0.2, -0.15) is 13.2 Å². The van der Waals surface area contributed by atoms with E-state index in [9.17, 15) is 41.9 Å². The van der Waals surface area contributed by atoms with Gasteiger partial charge in [-0.05, 0) is 24.6 Å². The lowest BCUT2D eigenvalue weighted by Crippen LogP contribution is -2.54. The minimum atomic E-state index is -5.24. The maximum absolute atomic E-state index is 12.9. The molecule has 43 heavy (non-hydrogen) atoms.